The average molecular weight is 670 g/mol. The Balaban J connectivity index is 1.33. The van der Waals surface area contributed by atoms with Crippen molar-refractivity contribution >= 4 is 65.4 Å². The predicted octanol–water partition coefficient (Wildman–Crippen LogP) is 12.6. The van der Waals surface area contributed by atoms with Gasteiger partial charge in [-0.25, -0.2) is 0 Å². The molecule has 3 heteroatoms. The first-order valence-electron chi connectivity index (χ1n) is 25.9. The smallest absolute Gasteiger partial charge is 0.0652 e. The zero-order valence-corrected chi connectivity index (χ0v) is 26.2. The quantitative estimate of drug-likeness (QED) is 0.177. The van der Waals surface area contributed by atoms with Crippen LogP contribution in [0.15, 0.2) is 188 Å². The average Bonchev–Trinajstić information content (AvgIpc) is 4.03. The van der Waals surface area contributed by atoms with Crippen LogP contribution in [0.4, 0.5) is 0 Å². The standard InChI is InChI=1S/C48H31N3/c1-3-13-34(14-4-1)49-43-20-10-7-17-37(43)40-29-32(23-26-46(40)49)33-24-27-47-41(30-33)38-18-8-12-22-45(38)51(47)36-25-28-48-42(31-36)39-19-9-11-21-44(39)50(48)35-15-5-2-6-16-35/h1-31H/i7D,8D,9D,10D,11D,12D,17D,18D,19D,20D,21D,22D,23D,24D,25D,27D,28D,29D,30D,31D. The van der Waals surface area contributed by atoms with Crippen LogP contribution in [-0.2, 0) is 0 Å². The third kappa shape index (κ3) is 4.12. The molecule has 3 aromatic heterocycles. The Bertz CT molecular complexity index is 4270. The second-order valence-corrected chi connectivity index (χ2v) is 11.8. The van der Waals surface area contributed by atoms with Crippen molar-refractivity contribution in [3.63, 3.8) is 0 Å². The normalized spacial score (nSPS) is 17.4. The Labute approximate surface area is 322 Å². The van der Waals surface area contributed by atoms with E-state index >= 15 is 0 Å². The van der Waals surface area contributed by atoms with Gasteiger partial charge in [-0.15, -0.1) is 0 Å². The maximum atomic E-state index is 9.91. The number of aromatic nitrogens is 3. The van der Waals surface area contributed by atoms with E-state index in [9.17, 15) is 13.7 Å². The SMILES string of the molecule is [2H]c1cc2c(c([2H])c1-c1c([2H])c([2H])c3c(c1[2H])c1c([2H])c([2H])c([2H])c([2H])c1n3-c1c([2H])c([2H])c3c(c1[2H])c1c([2H])c([2H])c([2H])c([2H])c1n3-c1ccccc1)c1c([2H])c([2H])c([2H])c([2H])c1n2-c1ccccc1. The van der Waals surface area contributed by atoms with Crippen LogP contribution in [0.25, 0.3) is 93.6 Å². The maximum absolute atomic E-state index is 9.91. The van der Waals surface area contributed by atoms with Gasteiger partial charge in [0.2, 0.25) is 0 Å². The highest BCUT2D eigenvalue weighted by molar-refractivity contribution is 6.14. The third-order valence-corrected chi connectivity index (χ3v) is 9.05. The molecule has 0 saturated heterocycles. The van der Waals surface area contributed by atoms with Gasteiger partial charge < -0.3 is 13.7 Å². The van der Waals surface area contributed by atoms with Crippen molar-refractivity contribution in [1.82, 2.24) is 13.7 Å². The molecule has 8 aromatic carbocycles. The van der Waals surface area contributed by atoms with Gasteiger partial charge in [-0.05, 0) is 95.8 Å². The van der Waals surface area contributed by atoms with E-state index in [0.717, 1.165) is 4.57 Å². The lowest BCUT2D eigenvalue weighted by Gasteiger charge is -2.11. The first-order chi connectivity index (χ1) is 33.7. The summed E-state index contributed by atoms with van der Waals surface area (Å²) >= 11 is 0. The first kappa shape index (κ1) is 15.0. The van der Waals surface area contributed by atoms with Gasteiger partial charge in [0.15, 0.2) is 0 Å². The molecule has 0 bridgehead atoms. The lowest BCUT2D eigenvalue weighted by atomic mass is 10.0. The molecule has 0 radical (unpaired) electrons. The second kappa shape index (κ2) is 10.8. The molecular weight excluding hydrogens is 619 g/mol. The predicted molar refractivity (Wildman–Crippen MR) is 215 cm³/mol. The molecule has 0 aliphatic heterocycles. The van der Waals surface area contributed by atoms with Crippen molar-refractivity contribution in [1.29, 1.82) is 0 Å². The summed E-state index contributed by atoms with van der Waals surface area (Å²) in [6.07, 6.45) is 0. The van der Waals surface area contributed by atoms with Crippen molar-refractivity contribution in [2.45, 2.75) is 0 Å². The zero-order valence-electron chi connectivity index (χ0n) is 46.2. The summed E-state index contributed by atoms with van der Waals surface area (Å²) in [7, 11) is 0. The number of hydrogen-bond acceptors (Lipinski definition) is 0. The molecule has 11 aromatic rings. The van der Waals surface area contributed by atoms with Crippen molar-refractivity contribution in [3.05, 3.63) is 188 Å². The summed E-state index contributed by atoms with van der Waals surface area (Å²) in [5.41, 5.74) is -1.84. The minimum atomic E-state index is -0.795. The minimum absolute atomic E-state index is 0.0132. The Hall–Kier alpha value is -6.84. The molecule has 0 atom stereocenters. The van der Waals surface area contributed by atoms with Crippen molar-refractivity contribution in [3.8, 4) is 28.2 Å². The van der Waals surface area contributed by atoms with Crippen LogP contribution in [0.2, 0.25) is 0 Å². The van der Waals surface area contributed by atoms with Crippen LogP contribution in [0, 0.1) is 0 Å². The Morgan fingerprint density at radius 1 is 0.294 bits per heavy atom. The van der Waals surface area contributed by atoms with Crippen molar-refractivity contribution in [2.24, 2.45) is 0 Å². The summed E-state index contributed by atoms with van der Waals surface area (Å²) in [6.45, 7) is 0. The van der Waals surface area contributed by atoms with Gasteiger partial charge in [-0.1, -0.05) is 103 Å². The first-order valence-corrected chi connectivity index (χ1v) is 15.9. The van der Waals surface area contributed by atoms with Gasteiger partial charge in [0.1, 0.15) is 0 Å². The summed E-state index contributed by atoms with van der Waals surface area (Å²) in [5, 5.41) is -1.41. The summed E-state index contributed by atoms with van der Waals surface area (Å²) < 4.78 is 188. The van der Waals surface area contributed by atoms with Gasteiger partial charge in [0.25, 0.3) is 0 Å². The molecule has 0 saturated carbocycles. The molecule has 0 aliphatic rings. The topological polar surface area (TPSA) is 14.8 Å². The van der Waals surface area contributed by atoms with E-state index in [4.69, 9.17) is 13.7 Å². The number of benzene rings is 8. The zero-order chi connectivity index (χ0) is 50.9. The highest BCUT2D eigenvalue weighted by atomic mass is 15.0. The van der Waals surface area contributed by atoms with E-state index in [0.29, 0.717) is 11.4 Å². The van der Waals surface area contributed by atoms with Crippen LogP contribution >= 0.6 is 0 Å². The molecular formula is C48H31N3. The lowest BCUT2D eigenvalue weighted by Crippen LogP contribution is -1.95. The molecule has 0 fully saturated rings. The summed E-state index contributed by atoms with van der Waals surface area (Å²) in [5.74, 6) is 0. The fraction of sp³-hybridized carbons (Fsp3) is 0. The van der Waals surface area contributed by atoms with Gasteiger partial charge in [-0.3, -0.25) is 0 Å². The van der Waals surface area contributed by atoms with Crippen LogP contribution in [0.5, 0.6) is 0 Å². The molecule has 3 nitrogen and oxygen atoms in total. The van der Waals surface area contributed by atoms with Gasteiger partial charge in [0, 0.05) is 49.4 Å². The molecule has 11 rings (SSSR count). The molecule has 0 spiro atoms. The van der Waals surface area contributed by atoms with E-state index in [-0.39, 0.29) is 43.6 Å². The summed E-state index contributed by atoms with van der Waals surface area (Å²) in [6, 6.07) is 5.22. The number of nitrogens with zero attached hydrogens (tertiary/aromatic N) is 3. The monoisotopic (exact) mass is 669 g/mol. The largest absolute Gasteiger partial charge is 0.309 e. The molecule has 51 heavy (non-hydrogen) atoms. The van der Waals surface area contributed by atoms with E-state index in [1.54, 1.807) is 60.7 Å². The molecule has 0 unspecified atom stereocenters. The Morgan fingerprint density at radius 2 is 0.706 bits per heavy atom. The number of para-hydroxylation sites is 5. The second-order valence-electron chi connectivity index (χ2n) is 11.8. The lowest BCUT2D eigenvalue weighted by molar-refractivity contribution is 1.17. The Kier molecular flexibility index (Phi) is 3.18. The maximum Gasteiger partial charge on any atom is 0.0652 e. The van der Waals surface area contributed by atoms with Crippen LogP contribution in [0.3, 0.4) is 0 Å². The molecule has 0 amide bonds. The molecule has 0 aliphatic carbocycles. The van der Waals surface area contributed by atoms with E-state index in [1.807, 2.05) is 0 Å². The molecule has 0 N–H and O–H groups in total. The molecule has 3 heterocycles. The Morgan fingerprint density at radius 3 is 1.27 bits per heavy atom. The van der Waals surface area contributed by atoms with E-state index in [1.165, 1.54) is 15.2 Å². The van der Waals surface area contributed by atoms with Crippen molar-refractivity contribution in [2.75, 3.05) is 0 Å². The van der Waals surface area contributed by atoms with Crippen molar-refractivity contribution < 1.29 is 27.4 Å². The van der Waals surface area contributed by atoms with E-state index in [2.05, 4.69) is 0 Å². The number of hydrogen-bond donors (Lipinski definition) is 0. The highest BCUT2D eigenvalue weighted by Gasteiger charge is 2.18. The van der Waals surface area contributed by atoms with Gasteiger partial charge >= 0.3 is 0 Å². The van der Waals surface area contributed by atoms with E-state index < -0.39 is 159 Å². The number of fused-ring (bicyclic) bond motifs is 9. The summed E-state index contributed by atoms with van der Waals surface area (Å²) in [4.78, 5) is 0. The minimum Gasteiger partial charge on any atom is -0.309 e. The van der Waals surface area contributed by atoms with Crippen LogP contribution in [0.1, 0.15) is 27.4 Å². The van der Waals surface area contributed by atoms with Crippen LogP contribution in [-0.4, -0.2) is 13.7 Å². The van der Waals surface area contributed by atoms with Gasteiger partial charge in [-0.2, -0.15) is 0 Å². The molecule has 238 valence electrons. The highest BCUT2D eigenvalue weighted by Crippen LogP contribution is 2.40. The van der Waals surface area contributed by atoms with Crippen LogP contribution < -0.4 is 0 Å². The number of rotatable bonds is 4. The fourth-order valence-corrected chi connectivity index (χ4v) is 6.87. The van der Waals surface area contributed by atoms with Gasteiger partial charge in [0.05, 0.1) is 60.5 Å². The fourth-order valence-electron chi connectivity index (χ4n) is 6.87. The third-order valence-electron chi connectivity index (χ3n) is 9.05.